The lowest BCUT2D eigenvalue weighted by Crippen LogP contribution is -2.37. The predicted octanol–water partition coefficient (Wildman–Crippen LogP) is 1.77. The zero-order valence-corrected chi connectivity index (χ0v) is 12.8. The van der Waals surface area contributed by atoms with Gasteiger partial charge >= 0.3 is 0 Å². The Bertz CT molecular complexity index is 566. The van der Waals surface area contributed by atoms with Crippen LogP contribution < -0.4 is 5.73 Å². The van der Waals surface area contributed by atoms with Crippen LogP contribution in [0.25, 0.3) is 0 Å². The van der Waals surface area contributed by atoms with Gasteiger partial charge in [0.2, 0.25) is 10.0 Å². The highest BCUT2D eigenvalue weighted by Gasteiger charge is 2.26. The Hall–Kier alpha value is -1.11. The van der Waals surface area contributed by atoms with E-state index in [9.17, 15) is 8.42 Å². The molecule has 0 aromatic heterocycles. The van der Waals surface area contributed by atoms with Crippen molar-refractivity contribution in [1.29, 1.82) is 0 Å². The first kappa shape index (κ1) is 15.3. The molecule has 0 aliphatic carbocycles. The summed E-state index contributed by atoms with van der Waals surface area (Å²) in [6, 6.07) is 4.86. The number of hydrogen-bond donors (Lipinski definition) is 1. The van der Waals surface area contributed by atoms with E-state index in [1.165, 1.54) is 4.31 Å². The van der Waals surface area contributed by atoms with Gasteiger partial charge in [-0.15, -0.1) is 0 Å². The Labute approximate surface area is 120 Å². The Morgan fingerprint density at radius 2 is 2.15 bits per heavy atom. The van der Waals surface area contributed by atoms with Crippen LogP contribution in [0.2, 0.25) is 0 Å². The van der Waals surface area contributed by atoms with Crippen LogP contribution in [0.5, 0.6) is 0 Å². The minimum Gasteiger partial charge on any atom is -0.399 e. The number of nitrogens with two attached hydrogens (primary N) is 1. The molecule has 0 saturated carbocycles. The predicted molar refractivity (Wildman–Crippen MR) is 79.0 cm³/mol. The van der Waals surface area contributed by atoms with Crippen molar-refractivity contribution >= 4 is 15.7 Å². The summed E-state index contributed by atoms with van der Waals surface area (Å²) in [5.74, 6) is 0. The van der Waals surface area contributed by atoms with Gasteiger partial charge in [-0.1, -0.05) is 0 Å². The summed E-state index contributed by atoms with van der Waals surface area (Å²) in [7, 11) is -1.89. The van der Waals surface area contributed by atoms with Crippen LogP contribution in [0, 0.1) is 6.92 Å². The largest absolute Gasteiger partial charge is 0.399 e. The Morgan fingerprint density at radius 3 is 2.75 bits per heavy atom. The number of nitrogens with zero attached hydrogens (tertiary/aromatic N) is 1. The smallest absolute Gasteiger partial charge is 0.243 e. The van der Waals surface area contributed by atoms with Gasteiger partial charge in [0.25, 0.3) is 0 Å². The number of aryl methyl sites for hydroxylation is 1. The molecule has 1 heterocycles. The van der Waals surface area contributed by atoms with Gasteiger partial charge in [-0.2, -0.15) is 4.31 Å². The first-order valence-electron chi connectivity index (χ1n) is 6.85. The summed E-state index contributed by atoms with van der Waals surface area (Å²) in [5, 5.41) is 0. The highest BCUT2D eigenvalue weighted by Crippen LogP contribution is 2.22. The van der Waals surface area contributed by atoms with Gasteiger partial charge in [-0.3, -0.25) is 0 Å². The molecule has 0 spiro atoms. The number of benzene rings is 1. The molecule has 1 aromatic carbocycles. The average molecular weight is 298 g/mol. The molecule has 1 fully saturated rings. The topological polar surface area (TPSA) is 72.6 Å². The zero-order valence-electron chi connectivity index (χ0n) is 12.0. The van der Waals surface area contributed by atoms with Crippen molar-refractivity contribution in [1.82, 2.24) is 4.31 Å². The molecule has 20 heavy (non-hydrogen) atoms. The number of nitrogen functional groups attached to an aromatic ring is 1. The SMILES string of the molecule is Cc1cc(N)ccc1S(=O)(=O)N(C)CC1CCCCO1. The Kier molecular flexibility index (Phi) is 4.67. The van der Waals surface area contributed by atoms with E-state index in [2.05, 4.69) is 0 Å². The molecule has 5 nitrogen and oxygen atoms in total. The van der Waals surface area contributed by atoms with Crippen LogP contribution in [-0.2, 0) is 14.8 Å². The molecule has 1 atom stereocenters. The van der Waals surface area contributed by atoms with Crippen molar-refractivity contribution in [3.8, 4) is 0 Å². The van der Waals surface area contributed by atoms with E-state index >= 15 is 0 Å². The molecule has 2 N–H and O–H groups in total. The van der Waals surface area contributed by atoms with Gasteiger partial charge in [0.05, 0.1) is 11.0 Å². The molecule has 1 unspecified atom stereocenters. The number of likely N-dealkylation sites (N-methyl/N-ethyl adjacent to an activating group) is 1. The molecule has 0 bridgehead atoms. The number of ether oxygens (including phenoxy) is 1. The van der Waals surface area contributed by atoms with Crippen LogP contribution in [0.4, 0.5) is 5.69 Å². The van der Waals surface area contributed by atoms with Crippen molar-refractivity contribution < 1.29 is 13.2 Å². The fourth-order valence-electron chi connectivity index (χ4n) is 2.47. The molecule has 2 rings (SSSR count). The van der Waals surface area contributed by atoms with Crippen LogP contribution in [0.1, 0.15) is 24.8 Å². The van der Waals surface area contributed by atoms with Gasteiger partial charge in [-0.05, 0) is 49.9 Å². The second kappa shape index (κ2) is 6.11. The van der Waals surface area contributed by atoms with Crippen molar-refractivity contribution in [2.24, 2.45) is 0 Å². The number of sulfonamides is 1. The van der Waals surface area contributed by atoms with Crippen molar-refractivity contribution in [3.05, 3.63) is 23.8 Å². The molecular weight excluding hydrogens is 276 g/mol. The number of hydrogen-bond acceptors (Lipinski definition) is 4. The van der Waals surface area contributed by atoms with Gasteiger partial charge in [0.1, 0.15) is 0 Å². The minimum absolute atomic E-state index is 0.00221. The lowest BCUT2D eigenvalue weighted by molar-refractivity contribution is 0.00858. The van der Waals surface area contributed by atoms with Gasteiger partial charge in [0.15, 0.2) is 0 Å². The highest BCUT2D eigenvalue weighted by molar-refractivity contribution is 7.89. The number of anilines is 1. The highest BCUT2D eigenvalue weighted by atomic mass is 32.2. The summed E-state index contributed by atoms with van der Waals surface area (Å²) in [6.45, 7) is 2.87. The molecule has 6 heteroatoms. The molecule has 0 amide bonds. The third kappa shape index (κ3) is 3.31. The van der Waals surface area contributed by atoms with E-state index in [1.54, 1.807) is 32.2 Å². The van der Waals surface area contributed by atoms with Gasteiger partial charge < -0.3 is 10.5 Å². The molecular formula is C14H22N2O3S. The minimum atomic E-state index is -3.49. The molecule has 1 aromatic rings. The first-order chi connectivity index (χ1) is 9.41. The maximum atomic E-state index is 12.6. The Balaban J connectivity index is 2.16. The fourth-order valence-corrected chi connectivity index (χ4v) is 3.87. The van der Waals surface area contributed by atoms with Gasteiger partial charge in [0, 0.05) is 25.9 Å². The molecule has 1 saturated heterocycles. The third-order valence-electron chi connectivity index (χ3n) is 3.62. The maximum Gasteiger partial charge on any atom is 0.243 e. The summed E-state index contributed by atoms with van der Waals surface area (Å²) in [4.78, 5) is 0.310. The van der Waals surface area contributed by atoms with E-state index in [-0.39, 0.29) is 6.10 Å². The number of rotatable bonds is 4. The quantitative estimate of drug-likeness (QED) is 0.860. The second-order valence-corrected chi connectivity index (χ2v) is 7.31. The third-order valence-corrected chi connectivity index (χ3v) is 5.61. The van der Waals surface area contributed by atoms with E-state index in [4.69, 9.17) is 10.5 Å². The molecule has 1 aliphatic heterocycles. The summed E-state index contributed by atoms with van der Waals surface area (Å²) in [6.07, 6.45) is 3.07. The summed E-state index contributed by atoms with van der Waals surface area (Å²) >= 11 is 0. The zero-order chi connectivity index (χ0) is 14.8. The van der Waals surface area contributed by atoms with E-state index in [0.29, 0.717) is 22.7 Å². The second-order valence-electron chi connectivity index (χ2n) is 5.30. The van der Waals surface area contributed by atoms with Crippen molar-refractivity contribution in [3.63, 3.8) is 0 Å². The normalized spacial score (nSPS) is 20.2. The van der Waals surface area contributed by atoms with Crippen LogP contribution >= 0.6 is 0 Å². The average Bonchev–Trinajstić information content (AvgIpc) is 2.39. The first-order valence-corrected chi connectivity index (χ1v) is 8.29. The van der Waals surface area contributed by atoms with Crippen LogP contribution in [0.15, 0.2) is 23.1 Å². The van der Waals surface area contributed by atoms with Crippen molar-refractivity contribution in [2.75, 3.05) is 25.9 Å². The Morgan fingerprint density at radius 1 is 1.40 bits per heavy atom. The molecule has 1 aliphatic rings. The van der Waals surface area contributed by atoms with E-state index < -0.39 is 10.0 Å². The van der Waals surface area contributed by atoms with Crippen LogP contribution in [-0.4, -0.2) is 39.0 Å². The maximum absolute atomic E-state index is 12.6. The van der Waals surface area contributed by atoms with E-state index in [1.807, 2.05) is 0 Å². The summed E-state index contributed by atoms with van der Waals surface area (Å²) < 4.78 is 32.1. The molecule has 0 radical (unpaired) electrons. The molecule has 112 valence electrons. The van der Waals surface area contributed by atoms with Gasteiger partial charge in [-0.25, -0.2) is 8.42 Å². The lowest BCUT2D eigenvalue weighted by Gasteiger charge is -2.27. The van der Waals surface area contributed by atoms with Crippen LogP contribution in [0.3, 0.4) is 0 Å². The fraction of sp³-hybridized carbons (Fsp3) is 0.571. The van der Waals surface area contributed by atoms with E-state index in [0.717, 1.165) is 25.9 Å². The lowest BCUT2D eigenvalue weighted by atomic mass is 10.1. The monoisotopic (exact) mass is 298 g/mol. The summed E-state index contributed by atoms with van der Waals surface area (Å²) in [5.41, 5.74) is 6.91. The standard InChI is InChI=1S/C14H22N2O3S/c1-11-9-12(15)6-7-14(11)20(17,18)16(2)10-13-5-3-4-8-19-13/h6-7,9,13H,3-5,8,10,15H2,1-2H3. The van der Waals surface area contributed by atoms with Crippen molar-refractivity contribution in [2.45, 2.75) is 37.2 Å².